The van der Waals surface area contributed by atoms with Crippen molar-refractivity contribution in [3.8, 4) is 0 Å². The summed E-state index contributed by atoms with van der Waals surface area (Å²) in [7, 11) is 0. The van der Waals surface area contributed by atoms with Crippen molar-refractivity contribution in [3.05, 3.63) is 48.2 Å². The number of nitrogens with zero attached hydrogens (tertiary/aromatic N) is 4. The van der Waals surface area contributed by atoms with Gasteiger partial charge in [0, 0.05) is 50.3 Å². The van der Waals surface area contributed by atoms with E-state index in [9.17, 15) is 9.59 Å². The predicted octanol–water partition coefficient (Wildman–Crippen LogP) is 2.62. The van der Waals surface area contributed by atoms with E-state index in [0.717, 1.165) is 63.6 Å². The number of amides is 2. The van der Waals surface area contributed by atoms with Gasteiger partial charge >= 0.3 is 0 Å². The van der Waals surface area contributed by atoms with E-state index in [4.69, 9.17) is 4.74 Å². The normalized spacial score (nSPS) is 16.2. The molecule has 2 amide bonds. The summed E-state index contributed by atoms with van der Waals surface area (Å²) in [5, 5.41) is 2.91. The number of anilines is 3. The first-order valence-electron chi connectivity index (χ1n) is 11.4. The zero-order chi connectivity index (χ0) is 22.3. The SMILES string of the molecule is CCN(CC(=O)Nc1ccc(N2CCOCC2)cc1)C(=O)c1cccnc1N1CCCC1. The molecule has 1 aromatic carbocycles. The fraction of sp³-hybridized carbons (Fsp3) is 0.458. The minimum absolute atomic E-state index is 0.00508. The molecule has 2 aliphatic heterocycles. The number of aromatic nitrogens is 1. The Bertz CT molecular complexity index is 921. The van der Waals surface area contributed by atoms with Crippen molar-refractivity contribution in [1.29, 1.82) is 0 Å². The topological polar surface area (TPSA) is 78.0 Å². The molecule has 2 fully saturated rings. The van der Waals surface area contributed by atoms with Crippen LogP contribution in [0.15, 0.2) is 42.6 Å². The van der Waals surface area contributed by atoms with Crippen LogP contribution in [0.5, 0.6) is 0 Å². The molecular weight excluding hydrogens is 406 g/mol. The third kappa shape index (κ3) is 5.19. The van der Waals surface area contributed by atoms with Gasteiger partial charge in [-0.15, -0.1) is 0 Å². The third-order valence-corrected chi connectivity index (χ3v) is 5.95. The van der Waals surface area contributed by atoms with Crippen LogP contribution in [0.3, 0.4) is 0 Å². The monoisotopic (exact) mass is 437 g/mol. The zero-order valence-corrected chi connectivity index (χ0v) is 18.6. The Morgan fingerprint density at radius 3 is 2.44 bits per heavy atom. The van der Waals surface area contributed by atoms with Gasteiger partial charge in [-0.2, -0.15) is 0 Å². The average Bonchev–Trinajstić information content (AvgIpc) is 3.38. The number of hydrogen-bond donors (Lipinski definition) is 1. The van der Waals surface area contributed by atoms with Gasteiger partial charge in [0.25, 0.3) is 5.91 Å². The van der Waals surface area contributed by atoms with Gasteiger partial charge in [-0.1, -0.05) is 0 Å². The maximum Gasteiger partial charge on any atom is 0.258 e. The Balaban J connectivity index is 1.38. The summed E-state index contributed by atoms with van der Waals surface area (Å²) < 4.78 is 5.40. The number of likely N-dealkylation sites (N-methyl/N-ethyl adjacent to an activating group) is 1. The maximum atomic E-state index is 13.2. The van der Waals surface area contributed by atoms with E-state index in [1.54, 1.807) is 23.2 Å². The van der Waals surface area contributed by atoms with Crippen molar-refractivity contribution in [2.75, 3.05) is 67.6 Å². The summed E-state index contributed by atoms with van der Waals surface area (Å²) in [6.45, 7) is 7.33. The van der Waals surface area contributed by atoms with E-state index in [1.165, 1.54) is 0 Å². The Hall–Kier alpha value is -3.13. The van der Waals surface area contributed by atoms with Crippen LogP contribution in [0, 0.1) is 0 Å². The number of nitrogens with one attached hydrogen (secondary N) is 1. The molecule has 3 heterocycles. The van der Waals surface area contributed by atoms with Crippen LogP contribution in [-0.4, -0.2) is 74.2 Å². The molecule has 8 nitrogen and oxygen atoms in total. The highest BCUT2D eigenvalue weighted by atomic mass is 16.5. The molecule has 0 bridgehead atoms. The average molecular weight is 438 g/mol. The third-order valence-electron chi connectivity index (χ3n) is 5.95. The molecule has 4 rings (SSSR count). The molecule has 2 saturated heterocycles. The molecule has 32 heavy (non-hydrogen) atoms. The number of morpholine rings is 1. The largest absolute Gasteiger partial charge is 0.378 e. The quantitative estimate of drug-likeness (QED) is 0.718. The highest BCUT2D eigenvalue weighted by Crippen LogP contribution is 2.23. The van der Waals surface area contributed by atoms with Crippen molar-refractivity contribution in [2.24, 2.45) is 0 Å². The summed E-state index contributed by atoms with van der Waals surface area (Å²) in [6.07, 6.45) is 3.93. The second kappa shape index (κ2) is 10.5. The van der Waals surface area contributed by atoms with Crippen LogP contribution >= 0.6 is 0 Å². The summed E-state index contributed by atoms with van der Waals surface area (Å²) in [6, 6.07) is 11.4. The molecule has 0 aliphatic carbocycles. The number of hydrogen-bond acceptors (Lipinski definition) is 6. The maximum absolute atomic E-state index is 13.2. The van der Waals surface area contributed by atoms with Gasteiger partial charge < -0.3 is 24.8 Å². The molecule has 1 N–H and O–H groups in total. The Morgan fingerprint density at radius 1 is 1.03 bits per heavy atom. The molecule has 0 radical (unpaired) electrons. The van der Waals surface area contributed by atoms with Crippen molar-refractivity contribution in [3.63, 3.8) is 0 Å². The first-order valence-corrected chi connectivity index (χ1v) is 11.4. The summed E-state index contributed by atoms with van der Waals surface area (Å²) in [5.74, 6) is 0.332. The highest BCUT2D eigenvalue weighted by molar-refractivity contribution is 6.02. The fourth-order valence-electron chi connectivity index (χ4n) is 4.19. The predicted molar refractivity (Wildman–Crippen MR) is 125 cm³/mol. The van der Waals surface area contributed by atoms with Gasteiger partial charge in [-0.3, -0.25) is 9.59 Å². The van der Waals surface area contributed by atoms with Crippen molar-refractivity contribution in [2.45, 2.75) is 19.8 Å². The number of pyridine rings is 1. The molecular formula is C24H31N5O3. The van der Waals surface area contributed by atoms with E-state index < -0.39 is 0 Å². The van der Waals surface area contributed by atoms with Gasteiger partial charge in [0.15, 0.2) is 0 Å². The summed E-state index contributed by atoms with van der Waals surface area (Å²) in [5.41, 5.74) is 2.39. The molecule has 0 unspecified atom stereocenters. The molecule has 2 aromatic rings. The van der Waals surface area contributed by atoms with Gasteiger partial charge in [0.05, 0.1) is 18.8 Å². The van der Waals surface area contributed by atoms with E-state index in [0.29, 0.717) is 17.9 Å². The van der Waals surface area contributed by atoms with Gasteiger partial charge in [-0.05, 0) is 56.2 Å². The molecule has 0 saturated carbocycles. The van der Waals surface area contributed by atoms with Crippen LogP contribution in [0.4, 0.5) is 17.2 Å². The zero-order valence-electron chi connectivity index (χ0n) is 18.6. The lowest BCUT2D eigenvalue weighted by Crippen LogP contribution is -2.38. The first kappa shape index (κ1) is 22.1. The lowest BCUT2D eigenvalue weighted by Gasteiger charge is -2.29. The molecule has 1 aromatic heterocycles. The highest BCUT2D eigenvalue weighted by Gasteiger charge is 2.24. The van der Waals surface area contributed by atoms with Gasteiger partial charge in [0.2, 0.25) is 5.91 Å². The minimum atomic E-state index is -0.217. The standard InChI is InChI=1S/C24H31N5O3/c1-2-27(24(31)21-6-5-11-25-23(21)29-12-3-4-13-29)18-22(30)26-19-7-9-20(10-8-19)28-14-16-32-17-15-28/h5-11H,2-4,12-18H2,1H3,(H,26,30). The smallest absolute Gasteiger partial charge is 0.258 e. The molecule has 2 aliphatic rings. The lowest BCUT2D eigenvalue weighted by atomic mass is 10.2. The van der Waals surface area contributed by atoms with Crippen LogP contribution < -0.4 is 15.1 Å². The Labute approximate surface area is 189 Å². The Kier molecular flexibility index (Phi) is 7.21. The summed E-state index contributed by atoms with van der Waals surface area (Å²) in [4.78, 5) is 36.3. The number of carbonyl (C=O) groups is 2. The molecule has 0 spiro atoms. The van der Waals surface area contributed by atoms with Crippen LogP contribution in [-0.2, 0) is 9.53 Å². The van der Waals surface area contributed by atoms with Gasteiger partial charge in [-0.25, -0.2) is 4.98 Å². The minimum Gasteiger partial charge on any atom is -0.378 e. The van der Waals surface area contributed by atoms with E-state index >= 15 is 0 Å². The fourth-order valence-corrected chi connectivity index (χ4v) is 4.19. The molecule has 8 heteroatoms. The van der Waals surface area contributed by atoms with E-state index in [-0.39, 0.29) is 18.4 Å². The van der Waals surface area contributed by atoms with Crippen molar-refractivity contribution < 1.29 is 14.3 Å². The second-order valence-electron chi connectivity index (χ2n) is 8.08. The Morgan fingerprint density at radius 2 is 1.75 bits per heavy atom. The summed E-state index contributed by atoms with van der Waals surface area (Å²) >= 11 is 0. The van der Waals surface area contributed by atoms with Crippen molar-refractivity contribution >= 4 is 29.0 Å². The lowest BCUT2D eigenvalue weighted by molar-refractivity contribution is -0.116. The van der Waals surface area contributed by atoms with Crippen LogP contribution in [0.25, 0.3) is 0 Å². The van der Waals surface area contributed by atoms with E-state index in [2.05, 4.69) is 20.1 Å². The van der Waals surface area contributed by atoms with Crippen molar-refractivity contribution in [1.82, 2.24) is 9.88 Å². The number of carbonyl (C=O) groups excluding carboxylic acids is 2. The van der Waals surface area contributed by atoms with Crippen LogP contribution in [0.1, 0.15) is 30.1 Å². The second-order valence-corrected chi connectivity index (χ2v) is 8.08. The van der Waals surface area contributed by atoms with E-state index in [1.807, 2.05) is 31.2 Å². The number of rotatable bonds is 7. The number of ether oxygens (including phenoxy) is 1. The van der Waals surface area contributed by atoms with Gasteiger partial charge in [0.1, 0.15) is 12.4 Å². The number of benzene rings is 1. The first-order chi connectivity index (χ1) is 15.7. The molecule has 170 valence electrons. The molecule has 0 atom stereocenters. The van der Waals surface area contributed by atoms with Crippen LogP contribution in [0.2, 0.25) is 0 Å².